The van der Waals surface area contributed by atoms with Crippen LogP contribution in [-0.2, 0) is 13.2 Å². The van der Waals surface area contributed by atoms with Crippen molar-refractivity contribution in [1.82, 2.24) is 9.55 Å². The minimum Gasteiger partial charge on any atom is -0.399 e. The van der Waals surface area contributed by atoms with Crippen molar-refractivity contribution in [3.05, 3.63) is 48.2 Å². The molecular weight excluding hydrogens is 279 g/mol. The monoisotopic (exact) mass is 291 g/mol. The van der Waals surface area contributed by atoms with Gasteiger partial charge in [-0.1, -0.05) is 6.07 Å². The number of aryl methyl sites for hydroxylation is 1. The molecule has 108 valence electrons. The van der Waals surface area contributed by atoms with Crippen molar-refractivity contribution in [3.8, 4) is 11.4 Å². The van der Waals surface area contributed by atoms with Crippen LogP contribution >= 0.6 is 0 Å². The van der Waals surface area contributed by atoms with Gasteiger partial charge in [-0.3, -0.25) is 4.98 Å². The second-order valence-corrected chi connectivity index (χ2v) is 4.83. The smallest absolute Gasteiger partial charge is 0.399 e. The van der Waals surface area contributed by atoms with Gasteiger partial charge in [0.2, 0.25) is 0 Å². The molecule has 3 nitrogen and oxygen atoms in total. The lowest BCUT2D eigenvalue weighted by Crippen LogP contribution is -2.04. The van der Waals surface area contributed by atoms with Crippen molar-refractivity contribution in [2.45, 2.75) is 6.18 Å². The standard InChI is InChI=1S/C15H12F3N3/c1-21-13-7-10(15(16,17)18)3-2-9(13)6-14(21)12-8-11(19)4-5-20-12/h2-8H,1H3,(H2,19,20). The number of benzene rings is 1. The van der Waals surface area contributed by atoms with Crippen LogP contribution in [-0.4, -0.2) is 9.55 Å². The molecule has 2 aromatic heterocycles. The summed E-state index contributed by atoms with van der Waals surface area (Å²) in [6.45, 7) is 0. The van der Waals surface area contributed by atoms with Gasteiger partial charge in [0.15, 0.2) is 0 Å². The number of nitrogens with two attached hydrogens (primary N) is 1. The van der Waals surface area contributed by atoms with Crippen LogP contribution in [0.4, 0.5) is 18.9 Å². The number of alkyl halides is 3. The first-order valence-electron chi connectivity index (χ1n) is 6.25. The van der Waals surface area contributed by atoms with Crippen LogP contribution in [0.1, 0.15) is 5.56 Å². The fraction of sp³-hybridized carbons (Fsp3) is 0.133. The third-order valence-corrected chi connectivity index (χ3v) is 3.42. The quantitative estimate of drug-likeness (QED) is 0.740. The average Bonchev–Trinajstić information content (AvgIpc) is 2.75. The Morgan fingerprint density at radius 2 is 1.86 bits per heavy atom. The zero-order valence-corrected chi connectivity index (χ0v) is 11.1. The molecule has 0 saturated heterocycles. The van der Waals surface area contributed by atoms with E-state index in [2.05, 4.69) is 4.98 Å². The maximum atomic E-state index is 12.8. The van der Waals surface area contributed by atoms with Gasteiger partial charge in [-0.05, 0) is 30.3 Å². The number of aromatic nitrogens is 2. The van der Waals surface area contributed by atoms with E-state index in [1.54, 1.807) is 36.0 Å². The first kappa shape index (κ1) is 13.5. The molecule has 2 heterocycles. The van der Waals surface area contributed by atoms with Crippen LogP contribution in [0.2, 0.25) is 0 Å². The first-order chi connectivity index (χ1) is 9.86. The summed E-state index contributed by atoms with van der Waals surface area (Å²) in [5.41, 5.74) is 7.47. The molecule has 0 amide bonds. The van der Waals surface area contributed by atoms with E-state index in [0.29, 0.717) is 16.9 Å². The van der Waals surface area contributed by atoms with Gasteiger partial charge in [0.05, 0.1) is 17.0 Å². The van der Waals surface area contributed by atoms with Crippen molar-refractivity contribution in [2.75, 3.05) is 5.73 Å². The molecular formula is C15H12F3N3. The molecule has 0 fully saturated rings. The highest BCUT2D eigenvalue weighted by molar-refractivity contribution is 5.87. The van der Waals surface area contributed by atoms with E-state index >= 15 is 0 Å². The molecule has 6 heteroatoms. The van der Waals surface area contributed by atoms with E-state index in [-0.39, 0.29) is 0 Å². The Kier molecular flexibility index (Phi) is 2.90. The van der Waals surface area contributed by atoms with Gasteiger partial charge in [0, 0.05) is 29.8 Å². The number of rotatable bonds is 1. The van der Waals surface area contributed by atoms with Crippen LogP contribution in [0.5, 0.6) is 0 Å². The van der Waals surface area contributed by atoms with Crippen molar-refractivity contribution in [3.63, 3.8) is 0 Å². The highest BCUT2D eigenvalue weighted by Gasteiger charge is 2.30. The van der Waals surface area contributed by atoms with E-state index in [4.69, 9.17) is 5.73 Å². The first-order valence-corrected chi connectivity index (χ1v) is 6.25. The van der Waals surface area contributed by atoms with E-state index in [1.807, 2.05) is 0 Å². The van der Waals surface area contributed by atoms with Gasteiger partial charge in [-0.25, -0.2) is 0 Å². The maximum absolute atomic E-state index is 12.8. The Morgan fingerprint density at radius 3 is 2.52 bits per heavy atom. The lowest BCUT2D eigenvalue weighted by Gasteiger charge is -2.08. The van der Waals surface area contributed by atoms with Crippen LogP contribution in [0.15, 0.2) is 42.6 Å². The normalized spacial score (nSPS) is 12.0. The van der Waals surface area contributed by atoms with Gasteiger partial charge in [-0.2, -0.15) is 13.2 Å². The molecule has 0 radical (unpaired) electrons. The molecule has 0 unspecified atom stereocenters. The Labute approximate surface area is 118 Å². The summed E-state index contributed by atoms with van der Waals surface area (Å²) >= 11 is 0. The minimum atomic E-state index is -4.35. The predicted octanol–water partition coefficient (Wildman–Crippen LogP) is 3.84. The van der Waals surface area contributed by atoms with Crippen molar-refractivity contribution < 1.29 is 13.2 Å². The van der Waals surface area contributed by atoms with Crippen LogP contribution in [0.25, 0.3) is 22.3 Å². The minimum absolute atomic E-state index is 0.504. The largest absolute Gasteiger partial charge is 0.416 e. The third-order valence-electron chi connectivity index (χ3n) is 3.42. The summed E-state index contributed by atoms with van der Waals surface area (Å²) in [7, 11) is 1.71. The number of hydrogen-bond donors (Lipinski definition) is 1. The molecule has 3 rings (SSSR count). The maximum Gasteiger partial charge on any atom is 0.416 e. The summed E-state index contributed by atoms with van der Waals surface area (Å²) in [5.74, 6) is 0. The number of halogens is 3. The van der Waals surface area contributed by atoms with Crippen LogP contribution in [0.3, 0.4) is 0 Å². The number of pyridine rings is 1. The van der Waals surface area contributed by atoms with Gasteiger partial charge in [0.25, 0.3) is 0 Å². The Hall–Kier alpha value is -2.50. The van der Waals surface area contributed by atoms with Gasteiger partial charge in [-0.15, -0.1) is 0 Å². The zero-order chi connectivity index (χ0) is 15.2. The molecule has 21 heavy (non-hydrogen) atoms. The fourth-order valence-corrected chi connectivity index (χ4v) is 2.34. The molecule has 0 spiro atoms. The summed E-state index contributed by atoms with van der Waals surface area (Å²) < 4.78 is 40.1. The predicted molar refractivity (Wildman–Crippen MR) is 75.6 cm³/mol. The second-order valence-electron chi connectivity index (χ2n) is 4.83. The Morgan fingerprint density at radius 1 is 1.10 bits per heavy atom. The molecule has 0 atom stereocenters. The van der Waals surface area contributed by atoms with E-state index < -0.39 is 11.7 Å². The van der Waals surface area contributed by atoms with Crippen LogP contribution in [0, 0.1) is 0 Å². The molecule has 0 aliphatic heterocycles. The molecule has 0 saturated carbocycles. The molecule has 0 aliphatic carbocycles. The summed E-state index contributed by atoms with van der Waals surface area (Å²) in [5, 5.41) is 0.727. The third kappa shape index (κ3) is 2.33. The second kappa shape index (κ2) is 4.51. The van der Waals surface area contributed by atoms with Gasteiger partial charge < -0.3 is 10.3 Å². The molecule has 0 bridgehead atoms. The van der Waals surface area contributed by atoms with Crippen LogP contribution < -0.4 is 5.73 Å². The lowest BCUT2D eigenvalue weighted by atomic mass is 10.1. The number of nitrogen functional groups attached to an aromatic ring is 1. The summed E-state index contributed by atoms with van der Waals surface area (Å²) in [4.78, 5) is 4.21. The number of nitrogens with zero attached hydrogens (tertiary/aromatic N) is 2. The molecule has 1 aromatic carbocycles. The zero-order valence-electron chi connectivity index (χ0n) is 11.1. The average molecular weight is 291 g/mol. The van der Waals surface area contributed by atoms with Gasteiger partial charge >= 0.3 is 6.18 Å². The van der Waals surface area contributed by atoms with Gasteiger partial charge in [0.1, 0.15) is 0 Å². The van der Waals surface area contributed by atoms with E-state index in [9.17, 15) is 13.2 Å². The highest BCUT2D eigenvalue weighted by atomic mass is 19.4. The van der Waals surface area contributed by atoms with Crippen molar-refractivity contribution in [2.24, 2.45) is 7.05 Å². The number of fused-ring (bicyclic) bond motifs is 1. The lowest BCUT2D eigenvalue weighted by molar-refractivity contribution is -0.137. The number of anilines is 1. The molecule has 3 aromatic rings. The fourth-order valence-electron chi connectivity index (χ4n) is 2.34. The summed E-state index contributed by atoms with van der Waals surface area (Å²) in [6, 6.07) is 8.85. The van der Waals surface area contributed by atoms with E-state index in [1.165, 1.54) is 6.07 Å². The van der Waals surface area contributed by atoms with Crippen molar-refractivity contribution >= 4 is 16.6 Å². The SMILES string of the molecule is Cn1c(-c2cc(N)ccn2)cc2ccc(C(F)(F)F)cc21. The molecule has 2 N–H and O–H groups in total. The Balaban J connectivity index is 2.21. The highest BCUT2D eigenvalue weighted by Crippen LogP contribution is 2.33. The van der Waals surface area contributed by atoms with Crippen molar-refractivity contribution in [1.29, 1.82) is 0 Å². The molecule has 0 aliphatic rings. The Bertz CT molecular complexity index is 819. The number of hydrogen-bond acceptors (Lipinski definition) is 2. The van der Waals surface area contributed by atoms with E-state index in [0.717, 1.165) is 23.2 Å². The topological polar surface area (TPSA) is 43.8 Å². The summed E-state index contributed by atoms with van der Waals surface area (Å²) in [6.07, 6.45) is -2.78.